The van der Waals surface area contributed by atoms with Crippen LogP contribution in [0.1, 0.15) is 23.1 Å². The van der Waals surface area contributed by atoms with E-state index in [9.17, 15) is 4.79 Å². The van der Waals surface area contributed by atoms with Crippen molar-refractivity contribution in [2.75, 3.05) is 14.2 Å². The number of ether oxygens (including phenoxy) is 3. The Labute approximate surface area is 141 Å². The van der Waals surface area contributed by atoms with Crippen molar-refractivity contribution in [1.29, 1.82) is 0 Å². The Morgan fingerprint density at radius 2 is 1.58 bits per heavy atom. The number of carbonyl (C=O) groups is 1. The zero-order valence-electron chi connectivity index (χ0n) is 13.7. The van der Waals surface area contributed by atoms with Gasteiger partial charge in [-0.1, -0.05) is 60.7 Å². The SMILES string of the molecule is COC(=O)/C=C/C1(OC)O[C@H](c2ccccc2)[C@H]1c1ccccc1. The van der Waals surface area contributed by atoms with E-state index in [0.29, 0.717) is 0 Å². The van der Waals surface area contributed by atoms with Crippen LogP contribution >= 0.6 is 0 Å². The van der Waals surface area contributed by atoms with Gasteiger partial charge < -0.3 is 14.2 Å². The normalized spacial score (nSPS) is 26.1. The molecule has 0 spiro atoms. The second kappa shape index (κ2) is 6.99. The van der Waals surface area contributed by atoms with E-state index in [-0.39, 0.29) is 12.0 Å². The van der Waals surface area contributed by atoms with Crippen molar-refractivity contribution in [1.82, 2.24) is 0 Å². The number of carbonyl (C=O) groups excluding carboxylic acids is 1. The Balaban J connectivity index is 1.98. The van der Waals surface area contributed by atoms with Crippen LogP contribution in [0.5, 0.6) is 0 Å². The van der Waals surface area contributed by atoms with Crippen LogP contribution in [0.3, 0.4) is 0 Å². The lowest BCUT2D eigenvalue weighted by atomic mass is 9.77. The molecule has 1 saturated heterocycles. The highest BCUT2D eigenvalue weighted by Crippen LogP contribution is 2.55. The molecule has 4 heteroatoms. The largest absolute Gasteiger partial charge is 0.466 e. The molecule has 1 heterocycles. The fraction of sp³-hybridized carbons (Fsp3) is 0.250. The van der Waals surface area contributed by atoms with Crippen molar-refractivity contribution in [3.63, 3.8) is 0 Å². The maximum absolute atomic E-state index is 11.5. The molecule has 0 amide bonds. The molecule has 0 aromatic heterocycles. The van der Waals surface area contributed by atoms with Crippen LogP contribution in [0.4, 0.5) is 0 Å². The molecular weight excluding hydrogens is 304 g/mol. The summed E-state index contributed by atoms with van der Waals surface area (Å²) in [5.41, 5.74) is 2.17. The Morgan fingerprint density at radius 3 is 2.12 bits per heavy atom. The van der Waals surface area contributed by atoms with Gasteiger partial charge in [0.1, 0.15) is 0 Å². The lowest BCUT2D eigenvalue weighted by Crippen LogP contribution is -2.53. The van der Waals surface area contributed by atoms with E-state index in [1.807, 2.05) is 60.7 Å². The molecule has 1 unspecified atom stereocenters. The molecule has 2 aromatic rings. The molecule has 3 rings (SSSR count). The minimum absolute atomic E-state index is 0.0630. The first-order valence-corrected chi connectivity index (χ1v) is 7.80. The highest BCUT2D eigenvalue weighted by Gasteiger charge is 2.56. The number of hydrogen-bond acceptors (Lipinski definition) is 4. The quantitative estimate of drug-likeness (QED) is 0.622. The molecule has 0 N–H and O–H groups in total. The van der Waals surface area contributed by atoms with Crippen molar-refractivity contribution >= 4 is 5.97 Å². The van der Waals surface area contributed by atoms with Crippen LogP contribution in [-0.2, 0) is 19.0 Å². The summed E-state index contributed by atoms with van der Waals surface area (Å²) in [6, 6.07) is 20.0. The Morgan fingerprint density at radius 1 is 1.00 bits per heavy atom. The van der Waals surface area contributed by atoms with Gasteiger partial charge in [-0.3, -0.25) is 0 Å². The van der Waals surface area contributed by atoms with Crippen molar-refractivity contribution < 1.29 is 19.0 Å². The minimum atomic E-state index is -0.990. The Hall–Kier alpha value is -2.43. The zero-order valence-corrected chi connectivity index (χ0v) is 13.7. The summed E-state index contributed by atoms with van der Waals surface area (Å²) in [6.45, 7) is 0. The standard InChI is InChI=1S/C20H20O4/c1-22-17(21)13-14-20(23-2)18(15-9-5-3-6-10-15)19(24-20)16-11-7-4-8-12-16/h3-14,18-19H,1-2H3/b14-13+/t18-,19-,20?/m1/s1. The molecule has 0 radical (unpaired) electrons. The summed E-state index contributed by atoms with van der Waals surface area (Å²) in [6.07, 6.45) is 2.84. The van der Waals surface area contributed by atoms with Crippen LogP contribution < -0.4 is 0 Å². The maximum atomic E-state index is 11.5. The molecule has 4 nitrogen and oxygen atoms in total. The molecule has 0 aliphatic carbocycles. The van der Waals surface area contributed by atoms with Crippen LogP contribution in [0.15, 0.2) is 72.8 Å². The topological polar surface area (TPSA) is 44.8 Å². The summed E-state index contributed by atoms with van der Waals surface area (Å²) in [7, 11) is 2.92. The molecule has 1 fully saturated rings. The zero-order chi connectivity index (χ0) is 17.0. The van der Waals surface area contributed by atoms with Gasteiger partial charge in [-0.15, -0.1) is 0 Å². The predicted molar refractivity (Wildman–Crippen MR) is 90.3 cm³/mol. The number of hydrogen-bond donors (Lipinski definition) is 0. The average Bonchev–Trinajstić information content (AvgIpc) is 2.63. The van der Waals surface area contributed by atoms with Crippen LogP contribution in [-0.4, -0.2) is 26.0 Å². The van der Waals surface area contributed by atoms with Gasteiger partial charge in [0.2, 0.25) is 0 Å². The van der Waals surface area contributed by atoms with Gasteiger partial charge in [0.15, 0.2) is 5.79 Å². The molecule has 24 heavy (non-hydrogen) atoms. The smallest absolute Gasteiger partial charge is 0.330 e. The first-order valence-electron chi connectivity index (χ1n) is 7.80. The molecule has 1 aliphatic heterocycles. The van der Waals surface area contributed by atoms with Crippen molar-refractivity contribution in [2.45, 2.75) is 17.8 Å². The Kier molecular flexibility index (Phi) is 4.79. The van der Waals surface area contributed by atoms with E-state index in [2.05, 4.69) is 4.74 Å². The highest BCUT2D eigenvalue weighted by molar-refractivity contribution is 5.82. The molecule has 1 aliphatic rings. The minimum Gasteiger partial charge on any atom is -0.466 e. The number of esters is 1. The van der Waals surface area contributed by atoms with Crippen molar-refractivity contribution in [3.05, 3.63) is 83.9 Å². The molecule has 0 saturated carbocycles. The summed E-state index contributed by atoms with van der Waals surface area (Å²) >= 11 is 0. The van der Waals surface area contributed by atoms with Crippen LogP contribution in [0.25, 0.3) is 0 Å². The van der Waals surface area contributed by atoms with Crippen LogP contribution in [0, 0.1) is 0 Å². The highest BCUT2D eigenvalue weighted by atomic mass is 16.7. The third kappa shape index (κ3) is 2.98. The van der Waals surface area contributed by atoms with Crippen molar-refractivity contribution in [2.24, 2.45) is 0 Å². The van der Waals surface area contributed by atoms with E-state index in [4.69, 9.17) is 9.47 Å². The number of methoxy groups -OCH3 is 2. The predicted octanol–water partition coefficient (Wildman–Crippen LogP) is 3.61. The molecular formula is C20H20O4. The van der Waals surface area contributed by atoms with Gasteiger partial charge in [-0.05, 0) is 17.2 Å². The van der Waals surface area contributed by atoms with Crippen LogP contribution in [0.2, 0.25) is 0 Å². The average molecular weight is 324 g/mol. The summed E-state index contributed by atoms with van der Waals surface area (Å²) in [5, 5.41) is 0. The molecule has 0 bridgehead atoms. The van der Waals surface area contributed by atoms with E-state index in [1.54, 1.807) is 13.2 Å². The monoisotopic (exact) mass is 324 g/mol. The lowest BCUT2D eigenvalue weighted by molar-refractivity contribution is -0.325. The van der Waals surface area contributed by atoms with Gasteiger partial charge in [0, 0.05) is 13.2 Å². The van der Waals surface area contributed by atoms with E-state index in [0.717, 1.165) is 11.1 Å². The second-order valence-corrected chi connectivity index (χ2v) is 5.62. The number of rotatable bonds is 5. The maximum Gasteiger partial charge on any atom is 0.330 e. The van der Waals surface area contributed by atoms with Gasteiger partial charge >= 0.3 is 5.97 Å². The van der Waals surface area contributed by atoms with Gasteiger partial charge in [0.25, 0.3) is 0 Å². The molecule has 124 valence electrons. The van der Waals surface area contributed by atoms with E-state index >= 15 is 0 Å². The molecule has 2 aromatic carbocycles. The summed E-state index contributed by atoms with van der Waals surface area (Å²) < 4.78 is 16.5. The fourth-order valence-corrected chi connectivity index (χ4v) is 3.09. The van der Waals surface area contributed by atoms with Crippen molar-refractivity contribution in [3.8, 4) is 0 Å². The summed E-state index contributed by atoms with van der Waals surface area (Å²) in [5.74, 6) is -1.49. The van der Waals surface area contributed by atoms with Gasteiger partial charge in [-0.2, -0.15) is 0 Å². The fourth-order valence-electron chi connectivity index (χ4n) is 3.09. The Bertz CT molecular complexity index is 711. The third-order valence-corrected chi connectivity index (χ3v) is 4.31. The lowest BCUT2D eigenvalue weighted by Gasteiger charge is -2.52. The third-order valence-electron chi connectivity index (χ3n) is 4.31. The summed E-state index contributed by atoms with van der Waals surface area (Å²) in [4.78, 5) is 11.5. The first-order chi connectivity index (χ1) is 11.7. The van der Waals surface area contributed by atoms with Gasteiger partial charge in [0.05, 0.1) is 19.1 Å². The first kappa shape index (κ1) is 16.4. The molecule has 3 atom stereocenters. The van der Waals surface area contributed by atoms with E-state index < -0.39 is 11.8 Å². The second-order valence-electron chi connectivity index (χ2n) is 5.62. The van der Waals surface area contributed by atoms with Gasteiger partial charge in [-0.25, -0.2) is 4.79 Å². The number of benzene rings is 2. The van der Waals surface area contributed by atoms with E-state index in [1.165, 1.54) is 13.2 Å².